The first-order valence-corrected chi connectivity index (χ1v) is 15.5. The molecule has 7 nitrogen and oxygen atoms in total. The Labute approximate surface area is 248 Å². The summed E-state index contributed by atoms with van der Waals surface area (Å²) >= 11 is 6.11. The van der Waals surface area contributed by atoms with E-state index < -0.39 is 23.4 Å². The van der Waals surface area contributed by atoms with Gasteiger partial charge in [0.15, 0.2) is 0 Å². The third kappa shape index (κ3) is 6.31. The van der Waals surface area contributed by atoms with Gasteiger partial charge < -0.3 is 20.7 Å². The second-order valence-corrected chi connectivity index (χ2v) is 12.4. The monoisotopic (exact) mass is 579 g/mol. The van der Waals surface area contributed by atoms with E-state index in [0.717, 1.165) is 42.4 Å². The first-order chi connectivity index (χ1) is 19.8. The van der Waals surface area contributed by atoms with Crippen LogP contribution in [0.2, 0.25) is 5.02 Å². The largest absolute Gasteiger partial charge is 0.466 e. The van der Waals surface area contributed by atoms with Crippen LogP contribution in [0.1, 0.15) is 74.6 Å². The average Bonchev–Trinajstić information content (AvgIpc) is 3.34. The molecule has 220 valence electrons. The maximum atomic E-state index is 14.0. The molecule has 41 heavy (non-hydrogen) atoms. The SMILES string of the molecule is CCOC(=O)C1(C2CCCCC2)CCN(C(=O)[C@@H](Cc2ccc(Cl)cc2)NC(=O)C2Cc3ccccc3C2N)CC1. The van der Waals surface area contributed by atoms with Crippen LogP contribution >= 0.6 is 11.6 Å². The van der Waals surface area contributed by atoms with Gasteiger partial charge in [0.05, 0.1) is 17.9 Å². The fraction of sp³-hybridized carbons (Fsp3) is 0.545. The van der Waals surface area contributed by atoms with Crippen molar-refractivity contribution in [2.45, 2.75) is 76.8 Å². The number of piperidine rings is 1. The summed E-state index contributed by atoms with van der Waals surface area (Å²) in [4.78, 5) is 42.8. The topological polar surface area (TPSA) is 102 Å². The highest BCUT2D eigenvalue weighted by Gasteiger charge is 2.49. The van der Waals surface area contributed by atoms with Crippen molar-refractivity contribution in [1.29, 1.82) is 0 Å². The highest BCUT2D eigenvalue weighted by Crippen LogP contribution is 2.47. The number of carbonyl (C=O) groups is 3. The van der Waals surface area contributed by atoms with Crippen molar-refractivity contribution < 1.29 is 19.1 Å². The van der Waals surface area contributed by atoms with E-state index in [2.05, 4.69) is 5.32 Å². The van der Waals surface area contributed by atoms with Crippen molar-refractivity contribution in [2.75, 3.05) is 19.7 Å². The van der Waals surface area contributed by atoms with Gasteiger partial charge in [-0.05, 0) is 73.8 Å². The number of amides is 2. The molecule has 1 aliphatic heterocycles. The van der Waals surface area contributed by atoms with Gasteiger partial charge in [0.1, 0.15) is 6.04 Å². The molecule has 1 heterocycles. The van der Waals surface area contributed by atoms with Crippen LogP contribution in [-0.4, -0.2) is 48.4 Å². The summed E-state index contributed by atoms with van der Waals surface area (Å²) in [6.07, 6.45) is 7.63. The normalized spacial score (nSPS) is 23.0. The molecule has 8 heteroatoms. The fourth-order valence-electron chi connectivity index (χ4n) is 7.27. The number of esters is 1. The van der Waals surface area contributed by atoms with Gasteiger partial charge in [-0.25, -0.2) is 0 Å². The fourth-order valence-corrected chi connectivity index (χ4v) is 7.40. The Bertz CT molecular complexity index is 1240. The molecule has 2 unspecified atom stereocenters. The molecule has 0 spiro atoms. The summed E-state index contributed by atoms with van der Waals surface area (Å²) in [6, 6.07) is 14.1. The van der Waals surface area contributed by atoms with E-state index >= 15 is 0 Å². The molecule has 0 aromatic heterocycles. The smallest absolute Gasteiger partial charge is 0.312 e. The van der Waals surface area contributed by atoms with E-state index in [0.29, 0.717) is 56.3 Å². The van der Waals surface area contributed by atoms with Crippen LogP contribution in [0.15, 0.2) is 48.5 Å². The van der Waals surface area contributed by atoms with E-state index in [4.69, 9.17) is 22.1 Å². The Morgan fingerprint density at radius 3 is 2.39 bits per heavy atom. The molecule has 2 fully saturated rings. The van der Waals surface area contributed by atoms with Gasteiger partial charge in [-0.3, -0.25) is 14.4 Å². The molecule has 1 saturated carbocycles. The highest BCUT2D eigenvalue weighted by molar-refractivity contribution is 6.30. The standard InChI is InChI=1S/C33H42ClN3O4/c1-2-41-32(40)33(24-9-4-3-5-10-24)16-18-37(19-17-33)31(39)28(20-22-12-14-25(34)15-13-22)36-30(38)27-21-23-8-6-7-11-26(23)29(27)35/h6-8,11-15,24,27-29H,2-5,9-10,16-21,35H2,1H3,(H,36,38)/t27?,28-,29?/m1/s1. The number of benzene rings is 2. The van der Waals surface area contributed by atoms with Crippen molar-refractivity contribution in [3.05, 3.63) is 70.2 Å². The number of halogens is 1. The Balaban J connectivity index is 1.32. The Hall–Kier alpha value is -2.90. The number of ether oxygens (including phenoxy) is 1. The third-order valence-electron chi connectivity index (χ3n) is 9.63. The summed E-state index contributed by atoms with van der Waals surface area (Å²) in [5, 5.41) is 3.69. The van der Waals surface area contributed by atoms with E-state index in [1.165, 1.54) is 6.42 Å². The number of likely N-dealkylation sites (tertiary alicyclic amines) is 1. The number of nitrogens with one attached hydrogen (secondary N) is 1. The summed E-state index contributed by atoms with van der Waals surface area (Å²) in [7, 11) is 0. The minimum atomic E-state index is -0.746. The summed E-state index contributed by atoms with van der Waals surface area (Å²) < 4.78 is 5.59. The molecule has 5 rings (SSSR count). The van der Waals surface area contributed by atoms with Crippen LogP contribution in [0.3, 0.4) is 0 Å². The summed E-state index contributed by atoms with van der Waals surface area (Å²) in [5.41, 5.74) is 8.93. The van der Waals surface area contributed by atoms with Gasteiger partial charge >= 0.3 is 5.97 Å². The van der Waals surface area contributed by atoms with Gasteiger partial charge in [-0.2, -0.15) is 0 Å². The molecule has 0 radical (unpaired) electrons. The number of fused-ring (bicyclic) bond motifs is 1. The minimum absolute atomic E-state index is 0.111. The third-order valence-corrected chi connectivity index (χ3v) is 9.88. The second-order valence-electron chi connectivity index (χ2n) is 12.0. The number of rotatable bonds is 8. The molecular formula is C33H42ClN3O4. The molecular weight excluding hydrogens is 538 g/mol. The minimum Gasteiger partial charge on any atom is -0.466 e. The second kappa shape index (κ2) is 13.0. The van der Waals surface area contributed by atoms with Gasteiger partial charge in [-0.1, -0.05) is 67.3 Å². The van der Waals surface area contributed by atoms with Crippen molar-refractivity contribution in [3.63, 3.8) is 0 Å². The first-order valence-electron chi connectivity index (χ1n) is 15.2. The van der Waals surface area contributed by atoms with E-state index in [1.807, 2.05) is 48.2 Å². The molecule has 2 amide bonds. The summed E-state index contributed by atoms with van der Waals surface area (Å²) in [6.45, 7) is 3.15. The van der Waals surface area contributed by atoms with Gasteiger partial charge in [-0.15, -0.1) is 0 Å². The molecule has 2 aromatic carbocycles. The average molecular weight is 580 g/mol. The number of nitrogens with two attached hydrogens (primary N) is 1. The lowest BCUT2D eigenvalue weighted by molar-refractivity contribution is -0.166. The van der Waals surface area contributed by atoms with Crippen molar-refractivity contribution >= 4 is 29.4 Å². The van der Waals surface area contributed by atoms with Gasteiger partial charge in [0.2, 0.25) is 11.8 Å². The zero-order valence-corrected chi connectivity index (χ0v) is 24.7. The van der Waals surface area contributed by atoms with Crippen LogP contribution in [-0.2, 0) is 32.0 Å². The predicted molar refractivity (Wildman–Crippen MR) is 159 cm³/mol. The molecule has 1 saturated heterocycles. The maximum Gasteiger partial charge on any atom is 0.312 e. The molecule has 3 aliphatic rings. The Kier molecular flexibility index (Phi) is 9.35. The molecule has 3 N–H and O–H groups in total. The quantitative estimate of drug-likeness (QED) is 0.429. The first kappa shape index (κ1) is 29.6. The van der Waals surface area contributed by atoms with E-state index in [1.54, 1.807) is 12.1 Å². The number of carbonyl (C=O) groups excluding carboxylic acids is 3. The molecule has 2 aliphatic carbocycles. The lowest BCUT2D eigenvalue weighted by atomic mass is 9.63. The maximum absolute atomic E-state index is 14.0. The lowest BCUT2D eigenvalue weighted by Gasteiger charge is -2.46. The van der Waals surface area contributed by atoms with Crippen molar-refractivity contribution in [1.82, 2.24) is 10.2 Å². The molecule has 3 atom stereocenters. The van der Waals surface area contributed by atoms with Crippen LogP contribution in [0, 0.1) is 17.3 Å². The zero-order valence-electron chi connectivity index (χ0n) is 23.9. The predicted octanol–water partition coefficient (Wildman–Crippen LogP) is 4.99. The van der Waals surface area contributed by atoms with Crippen molar-refractivity contribution in [2.24, 2.45) is 23.0 Å². The van der Waals surface area contributed by atoms with Crippen molar-refractivity contribution in [3.8, 4) is 0 Å². The number of hydrogen-bond donors (Lipinski definition) is 2. The van der Waals surface area contributed by atoms with Gasteiger partial charge in [0.25, 0.3) is 0 Å². The Morgan fingerprint density at radius 1 is 1.05 bits per heavy atom. The highest BCUT2D eigenvalue weighted by atomic mass is 35.5. The van der Waals surface area contributed by atoms with E-state index in [9.17, 15) is 14.4 Å². The lowest BCUT2D eigenvalue weighted by Crippen LogP contribution is -2.56. The summed E-state index contributed by atoms with van der Waals surface area (Å²) in [5.74, 6) is -0.584. The van der Waals surface area contributed by atoms with Crippen LogP contribution in [0.25, 0.3) is 0 Å². The number of hydrogen-bond acceptors (Lipinski definition) is 5. The molecule has 2 aromatic rings. The Morgan fingerprint density at radius 2 is 1.73 bits per heavy atom. The van der Waals surface area contributed by atoms with Crippen LogP contribution < -0.4 is 11.1 Å². The zero-order chi connectivity index (χ0) is 29.0. The van der Waals surface area contributed by atoms with Crippen LogP contribution in [0.4, 0.5) is 0 Å². The van der Waals surface area contributed by atoms with E-state index in [-0.39, 0.29) is 17.8 Å². The molecule has 0 bridgehead atoms. The van der Waals surface area contributed by atoms with Gasteiger partial charge in [0, 0.05) is 30.6 Å². The number of nitrogens with zero attached hydrogens (tertiary/aromatic N) is 1. The van der Waals surface area contributed by atoms with Crippen LogP contribution in [0.5, 0.6) is 0 Å².